The minimum absolute atomic E-state index is 0.0317. The molecule has 0 radical (unpaired) electrons. The highest BCUT2D eigenvalue weighted by Crippen LogP contribution is 2.42. The van der Waals surface area contributed by atoms with Crippen LogP contribution in [0.4, 0.5) is 0 Å². The maximum Gasteiger partial charge on any atom is 0.322 e. The van der Waals surface area contributed by atoms with Crippen molar-refractivity contribution in [2.45, 2.75) is 81.8 Å². The molecule has 1 N–H and O–H groups in total. The van der Waals surface area contributed by atoms with Crippen LogP contribution in [0.15, 0.2) is 0 Å². The van der Waals surface area contributed by atoms with E-state index >= 15 is 0 Å². The van der Waals surface area contributed by atoms with Gasteiger partial charge < -0.3 is 9.84 Å². The molecule has 1 rings (SSSR count). The van der Waals surface area contributed by atoms with E-state index in [1.165, 1.54) is 0 Å². The van der Waals surface area contributed by atoms with Crippen molar-refractivity contribution < 1.29 is 14.6 Å². The van der Waals surface area contributed by atoms with E-state index in [1.807, 2.05) is 13.8 Å². The van der Waals surface area contributed by atoms with Gasteiger partial charge in [-0.15, -0.1) is 0 Å². The van der Waals surface area contributed by atoms with Gasteiger partial charge in [-0.1, -0.05) is 50.3 Å². The maximum atomic E-state index is 12.0. The summed E-state index contributed by atoms with van der Waals surface area (Å²) in [6, 6.07) is 0. The van der Waals surface area contributed by atoms with Crippen molar-refractivity contribution in [1.29, 1.82) is 0 Å². The molecular formula is C15H27IO3. The highest BCUT2D eigenvalue weighted by Gasteiger charge is 2.44. The zero-order valence-electron chi connectivity index (χ0n) is 12.8. The second-order valence-corrected chi connectivity index (χ2v) is 9.32. The lowest BCUT2D eigenvalue weighted by atomic mass is 9.68. The molecule has 0 heterocycles. The molecule has 3 nitrogen and oxygen atoms in total. The zero-order valence-corrected chi connectivity index (χ0v) is 14.9. The standard InChI is InChI=1S/C15H27IO3/c1-6-14(5,16)12(17)19-11-7-9-15(18,10-8-11)13(2,3)4/h11,18H,6-10H2,1-5H3. The number of halogens is 1. The summed E-state index contributed by atoms with van der Waals surface area (Å²) in [6.07, 6.45) is 3.67. The quantitative estimate of drug-likeness (QED) is 0.458. The average molecular weight is 382 g/mol. The van der Waals surface area contributed by atoms with Crippen LogP contribution in [0.1, 0.15) is 66.7 Å². The number of esters is 1. The third-order valence-electron chi connectivity index (χ3n) is 4.52. The van der Waals surface area contributed by atoms with E-state index in [0.717, 1.165) is 19.3 Å². The van der Waals surface area contributed by atoms with Crippen molar-refractivity contribution in [3.05, 3.63) is 0 Å². The summed E-state index contributed by atoms with van der Waals surface area (Å²) in [5.74, 6) is -0.123. The summed E-state index contributed by atoms with van der Waals surface area (Å²) in [6.45, 7) is 10.1. The van der Waals surface area contributed by atoms with E-state index in [1.54, 1.807) is 0 Å². The van der Waals surface area contributed by atoms with Crippen molar-refractivity contribution in [1.82, 2.24) is 0 Å². The van der Waals surface area contributed by atoms with Gasteiger partial charge in [0.25, 0.3) is 0 Å². The van der Waals surface area contributed by atoms with Crippen LogP contribution in [0.3, 0.4) is 0 Å². The summed E-state index contributed by atoms with van der Waals surface area (Å²) < 4.78 is 5.16. The van der Waals surface area contributed by atoms with Crippen LogP contribution < -0.4 is 0 Å². The number of carbonyl (C=O) groups is 1. The lowest BCUT2D eigenvalue weighted by molar-refractivity contribution is -0.159. The average Bonchev–Trinajstić information content (AvgIpc) is 2.30. The van der Waals surface area contributed by atoms with E-state index in [0.29, 0.717) is 12.8 Å². The van der Waals surface area contributed by atoms with Crippen molar-refractivity contribution >= 4 is 28.6 Å². The number of aliphatic hydroxyl groups is 1. The second-order valence-electron chi connectivity index (χ2n) is 6.94. The van der Waals surface area contributed by atoms with Crippen molar-refractivity contribution in [3.63, 3.8) is 0 Å². The molecule has 19 heavy (non-hydrogen) atoms. The molecule has 1 aliphatic carbocycles. The molecule has 1 aliphatic rings. The fraction of sp³-hybridized carbons (Fsp3) is 0.933. The Labute approximate surface area is 130 Å². The van der Waals surface area contributed by atoms with Crippen molar-refractivity contribution in [3.8, 4) is 0 Å². The molecule has 0 aliphatic heterocycles. The first-order chi connectivity index (χ1) is 8.52. The molecule has 4 heteroatoms. The van der Waals surface area contributed by atoms with Crippen LogP contribution in [-0.4, -0.2) is 26.2 Å². The fourth-order valence-electron chi connectivity index (χ4n) is 2.36. The van der Waals surface area contributed by atoms with E-state index in [2.05, 4.69) is 43.4 Å². The second kappa shape index (κ2) is 5.88. The van der Waals surface area contributed by atoms with Crippen molar-refractivity contribution in [2.24, 2.45) is 5.41 Å². The molecule has 112 valence electrons. The van der Waals surface area contributed by atoms with Gasteiger partial charge in [-0.05, 0) is 44.4 Å². The Morgan fingerprint density at radius 3 is 2.16 bits per heavy atom. The van der Waals surface area contributed by atoms with E-state index in [9.17, 15) is 9.90 Å². The molecule has 0 aromatic heterocycles. The predicted molar refractivity (Wildman–Crippen MR) is 85.5 cm³/mol. The van der Waals surface area contributed by atoms with Gasteiger partial charge in [0.1, 0.15) is 9.53 Å². The molecular weight excluding hydrogens is 355 g/mol. The fourth-order valence-corrected chi connectivity index (χ4v) is 2.48. The van der Waals surface area contributed by atoms with Crippen LogP contribution >= 0.6 is 22.6 Å². The Bertz CT molecular complexity index is 323. The SMILES string of the molecule is CCC(C)(I)C(=O)OC1CCC(O)(C(C)(C)C)CC1. The molecule has 0 saturated heterocycles. The Balaban J connectivity index is 2.54. The Kier molecular flexibility index (Phi) is 5.33. The third-order valence-corrected chi connectivity index (χ3v) is 5.72. The first kappa shape index (κ1) is 17.2. The first-order valence-electron chi connectivity index (χ1n) is 7.14. The molecule has 0 aromatic carbocycles. The lowest BCUT2D eigenvalue weighted by Gasteiger charge is -2.45. The highest BCUT2D eigenvalue weighted by atomic mass is 127. The molecule has 0 amide bonds. The van der Waals surface area contributed by atoms with Crippen molar-refractivity contribution in [2.75, 3.05) is 0 Å². The van der Waals surface area contributed by atoms with Crippen LogP contribution in [-0.2, 0) is 9.53 Å². The first-order valence-corrected chi connectivity index (χ1v) is 8.22. The molecule has 0 bridgehead atoms. The maximum absolute atomic E-state index is 12.0. The number of hydrogen-bond acceptors (Lipinski definition) is 3. The lowest BCUT2D eigenvalue weighted by Crippen LogP contribution is -2.47. The van der Waals surface area contributed by atoms with E-state index < -0.39 is 9.02 Å². The third kappa shape index (κ3) is 4.06. The monoisotopic (exact) mass is 382 g/mol. The minimum atomic E-state index is -0.631. The van der Waals surface area contributed by atoms with Gasteiger partial charge in [0.05, 0.1) is 5.60 Å². The van der Waals surface area contributed by atoms with Gasteiger partial charge in [0.15, 0.2) is 0 Å². The molecule has 0 spiro atoms. The van der Waals surface area contributed by atoms with Crippen LogP contribution in [0.5, 0.6) is 0 Å². The topological polar surface area (TPSA) is 46.5 Å². The van der Waals surface area contributed by atoms with E-state index in [4.69, 9.17) is 4.74 Å². The molecule has 1 fully saturated rings. The summed E-state index contributed by atoms with van der Waals surface area (Å²) in [5, 5.41) is 10.6. The Morgan fingerprint density at radius 2 is 1.79 bits per heavy atom. The van der Waals surface area contributed by atoms with Gasteiger partial charge >= 0.3 is 5.97 Å². The molecule has 1 saturated carbocycles. The highest BCUT2D eigenvalue weighted by molar-refractivity contribution is 14.1. The summed E-state index contributed by atoms with van der Waals surface area (Å²) in [7, 11) is 0. The largest absolute Gasteiger partial charge is 0.461 e. The Morgan fingerprint density at radius 1 is 1.32 bits per heavy atom. The summed E-state index contributed by atoms with van der Waals surface area (Å²) >= 11 is 2.16. The smallest absolute Gasteiger partial charge is 0.322 e. The molecule has 0 aromatic rings. The summed E-state index contributed by atoms with van der Waals surface area (Å²) in [5.41, 5.74) is -0.753. The van der Waals surface area contributed by atoms with Crippen LogP contribution in [0.25, 0.3) is 0 Å². The molecule has 1 unspecified atom stereocenters. The number of alkyl halides is 1. The number of carbonyl (C=O) groups excluding carboxylic acids is 1. The van der Waals surface area contributed by atoms with Gasteiger partial charge in [-0.3, -0.25) is 4.79 Å². The van der Waals surface area contributed by atoms with Gasteiger partial charge in [-0.2, -0.15) is 0 Å². The van der Waals surface area contributed by atoms with Crippen LogP contribution in [0.2, 0.25) is 0 Å². The van der Waals surface area contributed by atoms with Gasteiger partial charge in [-0.25, -0.2) is 0 Å². The van der Waals surface area contributed by atoms with Crippen LogP contribution in [0, 0.1) is 5.41 Å². The molecule has 1 atom stereocenters. The Hall–Kier alpha value is 0.160. The minimum Gasteiger partial charge on any atom is -0.461 e. The normalized spacial score (nSPS) is 31.6. The zero-order chi connectivity index (χ0) is 14.9. The summed E-state index contributed by atoms with van der Waals surface area (Å²) in [4.78, 5) is 12.0. The van der Waals surface area contributed by atoms with Gasteiger partial charge in [0, 0.05) is 0 Å². The van der Waals surface area contributed by atoms with E-state index in [-0.39, 0.29) is 17.5 Å². The number of hydrogen-bond donors (Lipinski definition) is 1. The predicted octanol–water partition coefficient (Wildman–Crippen LogP) is 3.85. The van der Waals surface area contributed by atoms with Gasteiger partial charge in [0.2, 0.25) is 0 Å². The number of ether oxygens (including phenoxy) is 1. The number of rotatable bonds is 3.